The van der Waals surface area contributed by atoms with Crippen LogP contribution in [0.2, 0.25) is 0 Å². The van der Waals surface area contributed by atoms with Crippen LogP contribution in [-0.4, -0.2) is 24.9 Å². The van der Waals surface area contributed by atoms with Gasteiger partial charge in [0, 0.05) is 12.1 Å². The van der Waals surface area contributed by atoms with E-state index in [0.29, 0.717) is 17.8 Å². The lowest BCUT2D eigenvalue weighted by Crippen LogP contribution is -2.37. The SMILES string of the molecule is C/C(=C/Cl)CN1C(=O)CNC(=O)c2ccccc21. The first-order valence-corrected chi connectivity index (χ1v) is 6.00. The molecule has 0 aromatic heterocycles. The van der Waals surface area contributed by atoms with Gasteiger partial charge in [-0.15, -0.1) is 0 Å². The minimum atomic E-state index is -0.228. The molecule has 1 heterocycles. The van der Waals surface area contributed by atoms with Gasteiger partial charge in [0.15, 0.2) is 0 Å². The van der Waals surface area contributed by atoms with Crippen molar-refractivity contribution < 1.29 is 9.59 Å². The fourth-order valence-corrected chi connectivity index (χ4v) is 1.91. The van der Waals surface area contributed by atoms with Crippen LogP contribution in [0.3, 0.4) is 0 Å². The van der Waals surface area contributed by atoms with Crippen molar-refractivity contribution >= 4 is 29.1 Å². The monoisotopic (exact) mass is 264 g/mol. The normalized spacial score (nSPS) is 16.1. The number of carbonyl (C=O) groups is 2. The molecule has 0 saturated heterocycles. The second-order valence-corrected chi connectivity index (χ2v) is 4.35. The topological polar surface area (TPSA) is 49.4 Å². The van der Waals surface area contributed by atoms with Crippen LogP contribution in [0, 0.1) is 0 Å². The average Bonchev–Trinajstić information content (AvgIpc) is 2.51. The van der Waals surface area contributed by atoms with Gasteiger partial charge in [-0.25, -0.2) is 0 Å². The molecule has 2 rings (SSSR count). The zero-order valence-corrected chi connectivity index (χ0v) is 10.7. The van der Waals surface area contributed by atoms with Crippen molar-refractivity contribution in [1.82, 2.24) is 5.32 Å². The molecule has 94 valence electrons. The largest absolute Gasteiger partial charge is 0.343 e. The number of hydrogen-bond donors (Lipinski definition) is 1. The van der Waals surface area contributed by atoms with Gasteiger partial charge in [0.05, 0.1) is 17.8 Å². The van der Waals surface area contributed by atoms with Crippen molar-refractivity contribution in [2.45, 2.75) is 6.92 Å². The van der Waals surface area contributed by atoms with Crippen molar-refractivity contribution in [2.24, 2.45) is 0 Å². The van der Waals surface area contributed by atoms with Crippen LogP contribution >= 0.6 is 11.6 Å². The summed E-state index contributed by atoms with van der Waals surface area (Å²) < 4.78 is 0. The van der Waals surface area contributed by atoms with E-state index in [1.807, 2.05) is 6.92 Å². The molecule has 0 bridgehead atoms. The van der Waals surface area contributed by atoms with Gasteiger partial charge in [0.1, 0.15) is 0 Å². The number of hydrogen-bond acceptors (Lipinski definition) is 2. The molecule has 0 spiro atoms. The van der Waals surface area contributed by atoms with E-state index < -0.39 is 0 Å². The molecule has 1 aliphatic heterocycles. The van der Waals surface area contributed by atoms with E-state index in [4.69, 9.17) is 11.6 Å². The Morgan fingerprint density at radius 3 is 2.89 bits per heavy atom. The lowest BCUT2D eigenvalue weighted by Gasteiger charge is -2.22. The van der Waals surface area contributed by atoms with Crippen LogP contribution in [0.5, 0.6) is 0 Å². The molecule has 0 unspecified atom stereocenters. The summed E-state index contributed by atoms with van der Waals surface area (Å²) in [5, 5.41) is 2.59. The summed E-state index contributed by atoms with van der Waals surface area (Å²) in [7, 11) is 0. The summed E-state index contributed by atoms with van der Waals surface area (Å²) in [5.41, 5.74) is 3.42. The highest BCUT2D eigenvalue weighted by atomic mass is 35.5. The Balaban J connectivity index is 2.46. The van der Waals surface area contributed by atoms with Gasteiger partial charge in [-0.1, -0.05) is 23.7 Å². The zero-order valence-electron chi connectivity index (χ0n) is 9.94. The third kappa shape index (κ3) is 2.38. The van der Waals surface area contributed by atoms with Gasteiger partial charge in [-0.2, -0.15) is 0 Å². The highest BCUT2D eigenvalue weighted by molar-refractivity contribution is 6.25. The average molecular weight is 265 g/mol. The van der Waals surface area contributed by atoms with Crippen molar-refractivity contribution in [1.29, 1.82) is 0 Å². The van der Waals surface area contributed by atoms with Gasteiger partial charge in [-0.05, 0) is 24.6 Å². The number of anilines is 1. The maximum absolute atomic E-state index is 12.0. The van der Waals surface area contributed by atoms with Crippen molar-refractivity contribution in [3.05, 3.63) is 40.9 Å². The fraction of sp³-hybridized carbons (Fsp3) is 0.231. The molecule has 0 saturated carbocycles. The van der Waals surface area contributed by atoms with Gasteiger partial charge < -0.3 is 10.2 Å². The standard InChI is InChI=1S/C13H13ClN2O2/c1-9(6-14)8-16-11-5-3-2-4-10(11)13(18)15-7-12(16)17/h2-6H,7-8H2,1H3,(H,15,18)/b9-6-. The quantitative estimate of drug-likeness (QED) is 0.887. The molecule has 0 aliphatic carbocycles. The molecule has 4 nitrogen and oxygen atoms in total. The minimum Gasteiger partial charge on any atom is -0.343 e. The molecule has 1 aliphatic rings. The number of halogens is 1. The molecule has 0 radical (unpaired) electrons. The molecule has 2 amide bonds. The number of amides is 2. The molecular weight excluding hydrogens is 252 g/mol. The predicted molar refractivity (Wildman–Crippen MR) is 70.7 cm³/mol. The first-order valence-electron chi connectivity index (χ1n) is 5.57. The van der Waals surface area contributed by atoms with Crippen molar-refractivity contribution in [2.75, 3.05) is 18.0 Å². The third-order valence-corrected chi connectivity index (χ3v) is 3.11. The lowest BCUT2D eigenvalue weighted by molar-refractivity contribution is -0.117. The molecule has 1 aromatic rings. The first-order chi connectivity index (χ1) is 8.63. The Morgan fingerprint density at radius 2 is 2.17 bits per heavy atom. The van der Waals surface area contributed by atoms with Crippen LogP contribution in [0.15, 0.2) is 35.4 Å². The lowest BCUT2D eigenvalue weighted by atomic mass is 10.1. The van der Waals surface area contributed by atoms with Crippen molar-refractivity contribution in [3.8, 4) is 0 Å². The van der Waals surface area contributed by atoms with Gasteiger partial charge in [0.25, 0.3) is 5.91 Å². The van der Waals surface area contributed by atoms with E-state index in [1.165, 1.54) is 5.54 Å². The summed E-state index contributed by atoms with van der Waals surface area (Å²) in [4.78, 5) is 25.4. The predicted octanol–water partition coefficient (Wildman–Crippen LogP) is 1.91. The Bertz CT molecular complexity index is 525. The Hall–Kier alpha value is -1.81. The number of carbonyl (C=O) groups excluding carboxylic acids is 2. The van der Waals surface area contributed by atoms with Gasteiger partial charge >= 0.3 is 0 Å². The molecule has 1 aromatic carbocycles. The summed E-state index contributed by atoms with van der Waals surface area (Å²) >= 11 is 5.63. The number of fused-ring (bicyclic) bond motifs is 1. The summed E-state index contributed by atoms with van der Waals surface area (Å²) in [6.45, 7) is 2.22. The fourth-order valence-electron chi connectivity index (χ4n) is 1.84. The van der Waals surface area contributed by atoms with E-state index in [1.54, 1.807) is 29.2 Å². The number of rotatable bonds is 2. The number of para-hydroxylation sites is 1. The molecule has 5 heteroatoms. The van der Waals surface area contributed by atoms with E-state index in [0.717, 1.165) is 5.57 Å². The second-order valence-electron chi connectivity index (χ2n) is 4.14. The third-order valence-electron chi connectivity index (χ3n) is 2.73. The Kier molecular flexibility index (Phi) is 3.67. The van der Waals surface area contributed by atoms with Crippen LogP contribution < -0.4 is 10.2 Å². The zero-order chi connectivity index (χ0) is 13.1. The molecule has 18 heavy (non-hydrogen) atoms. The van der Waals surface area contributed by atoms with E-state index >= 15 is 0 Å². The summed E-state index contributed by atoms with van der Waals surface area (Å²) in [6.07, 6.45) is 0. The van der Waals surface area contributed by atoms with Crippen molar-refractivity contribution in [3.63, 3.8) is 0 Å². The van der Waals surface area contributed by atoms with E-state index in [9.17, 15) is 9.59 Å². The van der Waals surface area contributed by atoms with Gasteiger partial charge in [-0.3, -0.25) is 9.59 Å². The van der Waals surface area contributed by atoms with Crippen LogP contribution in [0.4, 0.5) is 5.69 Å². The maximum atomic E-state index is 12.0. The molecule has 1 N–H and O–H groups in total. The van der Waals surface area contributed by atoms with E-state index in [2.05, 4.69) is 5.32 Å². The Labute approximate surface area is 110 Å². The molecule has 0 fully saturated rings. The number of nitrogens with one attached hydrogen (secondary N) is 1. The van der Waals surface area contributed by atoms with Gasteiger partial charge in [0.2, 0.25) is 5.91 Å². The maximum Gasteiger partial charge on any atom is 0.253 e. The number of nitrogens with zero attached hydrogens (tertiary/aromatic N) is 1. The second kappa shape index (κ2) is 5.23. The molecule has 0 atom stereocenters. The number of benzene rings is 1. The van der Waals surface area contributed by atoms with Crippen LogP contribution in [-0.2, 0) is 4.79 Å². The highest BCUT2D eigenvalue weighted by Crippen LogP contribution is 2.23. The summed E-state index contributed by atoms with van der Waals surface area (Å²) in [5.74, 6) is -0.375. The molecular formula is C13H13ClN2O2. The highest BCUT2D eigenvalue weighted by Gasteiger charge is 2.25. The minimum absolute atomic E-state index is 0.00305. The van der Waals surface area contributed by atoms with E-state index in [-0.39, 0.29) is 18.4 Å². The smallest absolute Gasteiger partial charge is 0.253 e. The Morgan fingerprint density at radius 1 is 1.44 bits per heavy atom. The summed E-state index contributed by atoms with van der Waals surface area (Å²) in [6, 6.07) is 7.05. The van der Waals surface area contributed by atoms with Crippen LogP contribution in [0.25, 0.3) is 0 Å². The first kappa shape index (κ1) is 12.6. The van der Waals surface area contributed by atoms with Crippen LogP contribution in [0.1, 0.15) is 17.3 Å².